The van der Waals surface area contributed by atoms with Gasteiger partial charge < -0.3 is 15.6 Å². The largest absolute Gasteiger partial charge is 0.416 e. The van der Waals surface area contributed by atoms with E-state index in [9.17, 15) is 13.2 Å². The van der Waals surface area contributed by atoms with Crippen molar-refractivity contribution in [2.45, 2.75) is 19.1 Å². The second kappa shape index (κ2) is 8.74. The molecule has 8 heteroatoms. The molecule has 0 spiro atoms. The second-order valence-corrected chi connectivity index (χ2v) is 7.34. The molecule has 2 heterocycles. The quantitative estimate of drug-likeness (QED) is 0.328. The molecule has 164 valence electrons. The Morgan fingerprint density at radius 1 is 0.938 bits per heavy atom. The maximum Gasteiger partial charge on any atom is 0.416 e. The Morgan fingerprint density at radius 3 is 2.44 bits per heavy atom. The molecule has 0 radical (unpaired) electrons. The Labute approximate surface area is 183 Å². The number of aromatic nitrogens is 3. The molecule has 2 aromatic carbocycles. The van der Waals surface area contributed by atoms with Gasteiger partial charge in [0.15, 0.2) is 0 Å². The van der Waals surface area contributed by atoms with Crippen LogP contribution in [0, 0.1) is 0 Å². The lowest BCUT2D eigenvalue weighted by Crippen LogP contribution is -2.07. The van der Waals surface area contributed by atoms with Gasteiger partial charge in [-0.05, 0) is 36.8 Å². The van der Waals surface area contributed by atoms with E-state index in [4.69, 9.17) is 0 Å². The molecule has 1 atom stereocenters. The summed E-state index contributed by atoms with van der Waals surface area (Å²) in [6, 6.07) is 18.8. The highest BCUT2D eigenvalue weighted by Crippen LogP contribution is 2.36. The molecule has 2 aromatic heterocycles. The predicted octanol–water partition coefficient (Wildman–Crippen LogP) is 6.37. The van der Waals surface area contributed by atoms with Crippen LogP contribution < -0.4 is 10.6 Å². The number of anilines is 2. The molecule has 0 amide bonds. The molecule has 0 saturated carbocycles. The van der Waals surface area contributed by atoms with Crippen LogP contribution in [0.1, 0.15) is 24.1 Å². The molecule has 4 aromatic rings. The number of rotatable bonds is 6. The Morgan fingerprint density at radius 2 is 1.72 bits per heavy atom. The van der Waals surface area contributed by atoms with Crippen molar-refractivity contribution in [3.8, 4) is 22.5 Å². The molecule has 0 aliphatic carbocycles. The zero-order valence-corrected chi connectivity index (χ0v) is 17.5. The zero-order chi connectivity index (χ0) is 22.7. The van der Waals surface area contributed by atoms with Crippen molar-refractivity contribution in [2.24, 2.45) is 0 Å². The second-order valence-electron chi connectivity index (χ2n) is 7.34. The molecule has 0 aliphatic rings. The number of benzene rings is 2. The van der Waals surface area contributed by atoms with E-state index in [1.54, 1.807) is 25.4 Å². The monoisotopic (exact) mass is 437 g/mol. The van der Waals surface area contributed by atoms with Crippen LogP contribution >= 0.6 is 0 Å². The molecule has 0 saturated heterocycles. The molecule has 4 rings (SSSR count). The van der Waals surface area contributed by atoms with Crippen LogP contribution in [-0.2, 0) is 6.18 Å². The van der Waals surface area contributed by atoms with Crippen molar-refractivity contribution in [1.82, 2.24) is 15.0 Å². The van der Waals surface area contributed by atoms with Gasteiger partial charge in [-0.15, -0.1) is 0 Å². The number of aromatic amines is 1. The van der Waals surface area contributed by atoms with Gasteiger partial charge >= 0.3 is 6.18 Å². The van der Waals surface area contributed by atoms with Gasteiger partial charge in [0.2, 0.25) is 5.95 Å². The fourth-order valence-corrected chi connectivity index (χ4v) is 3.46. The minimum atomic E-state index is -4.43. The third-order valence-corrected chi connectivity index (χ3v) is 5.12. The first-order valence-electron chi connectivity index (χ1n) is 10.1. The van der Waals surface area contributed by atoms with E-state index in [1.165, 1.54) is 6.07 Å². The topological polar surface area (TPSA) is 65.6 Å². The third kappa shape index (κ3) is 4.59. The van der Waals surface area contributed by atoms with E-state index in [0.717, 1.165) is 23.3 Å². The number of hydrogen-bond donors (Lipinski definition) is 3. The molecule has 5 nitrogen and oxygen atoms in total. The summed E-state index contributed by atoms with van der Waals surface area (Å²) >= 11 is 0. The van der Waals surface area contributed by atoms with Gasteiger partial charge in [-0.3, -0.25) is 0 Å². The molecular weight excluding hydrogens is 415 g/mol. The van der Waals surface area contributed by atoms with Crippen LogP contribution in [0.3, 0.4) is 0 Å². The van der Waals surface area contributed by atoms with E-state index >= 15 is 0 Å². The van der Waals surface area contributed by atoms with E-state index in [2.05, 4.69) is 25.6 Å². The summed E-state index contributed by atoms with van der Waals surface area (Å²) in [5.41, 5.74) is 2.55. The summed E-state index contributed by atoms with van der Waals surface area (Å²) in [5, 5.41) is 6.29. The average Bonchev–Trinajstić information content (AvgIpc) is 3.24. The van der Waals surface area contributed by atoms with Crippen molar-refractivity contribution in [3.05, 3.63) is 84.1 Å². The number of pyridine rings is 1. The molecule has 32 heavy (non-hydrogen) atoms. The Balaban J connectivity index is 1.71. The van der Waals surface area contributed by atoms with Gasteiger partial charge in [0.25, 0.3) is 0 Å². The van der Waals surface area contributed by atoms with Gasteiger partial charge in [-0.1, -0.05) is 42.5 Å². The van der Waals surface area contributed by atoms with Crippen LogP contribution in [0.25, 0.3) is 22.5 Å². The summed E-state index contributed by atoms with van der Waals surface area (Å²) < 4.78 is 39.7. The van der Waals surface area contributed by atoms with Crippen molar-refractivity contribution in [2.75, 3.05) is 17.7 Å². The number of halogens is 3. The summed E-state index contributed by atoms with van der Waals surface area (Å²) in [4.78, 5) is 12.0. The molecule has 0 aliphatic heterocycles. The maximum absolute atomic E-state index is 13.2. The number of imidazole rings is 1. The normalized spacial score (nSPS) is 12.4. The predicted molar refractivity (Wildman–Crippen MR) is 120 cm³/mol. The van der Waals surface area contributed by atoms with E-state index in [1.807, 2.05) is 43.3 Å². The summed E-state index contributed by atoms with van der Waals surface area (Å²) in [7, 11) is 1.69. The fourth-order valence-electron chi connectivity index (χ4n) is 3.46. The average molecular weight is 437 g/mol. The standard InChI is InChI=1S/C24H22F3N5/c1-15(16-7-4-3-5-8-16)30-20-14-18(11-12-29-20)22-21(31-23(28-2)32-22)17-9-6-10-19(13-17)24(25,26)27/h3-15H,1-2H3,(H,29,30)(H2,28,31,32)/t15-/m1/s1. The third-order valence-electron chi connectivity index (χ3n) is 5.12. The minimum Gasteiger partial charge on any atom is -0.364 e. The zero-order valence-electron chi connectivity index (χ0n) is 17.5. The molecular formula is C24H22F3N5. The summed E-state index contributed by atoms with van der Waals surface area (Å²) in [6.07, 6.45) is -2.77. The Kier molecular flexibility index (Phi) is 5.85. The number of hydrogen-bond acceptors (Lipinski definition) is 4. The molecule has 0 fully saturated rings. The maximum atomic E-state index is 13.2. The van der Waals surface area contributed by atoms with Crippen LogP contribution in [0.5, 0.6) is 0 Å². The van der Waals surface area contributed by atoms with Crippen molar-refractivity contribution < 1.29 is 13.2 Å². The van der Waals surface area contributed by atoms with Crippen LogP contribution in [0.4, 0.5) is 24.9 Å². The summed E-state index contributed by atoms with van der Waals surface area (Å²) in [5.74, 6) is 1.10. The minimum absolute atomic E-state index is 0.0246. The lowest BCUT2D eigenvalue weighted by Gasteiger charge is -2.15. The Bertz CT molecular complexity index is 1200. The van der Waals surface area contributed by atoms with E-state index in [-0.39, 0.29) is 6.04 Å². The lowest BCUT2D eigenvalue weighted by molar-refractivity contribution is -0.137. The van der Waals surface area contributed by atoms with Gasteiger partial charge in [0, 0.05) is 30.4 Å². The van der Waals surface area contributed by atoms with Crippen LogP contribution in [0.15, 0.2) is 72.9 Å². The Hall–Kier alpha value is -3.81. The van der Waals surface area contributed by atoms with Crippen LogP contribution in [-0.4, -0.2) is 22.0 Å². The van der Waals surface area contributed by atoms with Gasteiger partial charge in [-0.25, -0.2) is 9.97 Å². The lowest BCUT2D eigenvalue weighted by atomic mass is 10.0. The molecule has 0 bridgehead atoms. The first-order valence-corrected chi connectivity index (χ1v) is 10.1. The highest BCUT2D eigenvalue weighted by Gasteiger charge is 2.31. The molecule has 3 N–H and O–H groups in total. The number of alkyl halides is 3. The van der Waals surface area contributed by atoms with Crippen molar-refractivity contribution in [1.29, 1.82) is 0 Å². The molecule has 0 unspecified atom stereocenters. The first kappa shape index (κ1) is 21.4. The first-order chi connectivity index (χ1) is 15.3. The highest BCUT2D eigenvalue weighted by molar-refractivity contribution is 5.81. The highest BCUT2D eigenvalue weighted by atomic mass is 19.4. The van der Waals surface area contributed by atoms with Gasteiger partial charge in [-0.2, -0.15) is 13.2 Å². The van der Waals surface area contributed by atoms with Gasteiger partial charge in [0.05, 0.1) is 17.0 Å². The SMILES string of the molecule is CNc1nc(-c2cccc(C(F)(F)F)c2)c(-c2ccnc(N[C@H](C)c3ccccc3)c2)[nH]1. The van der Waals surface area contributed by atoms with E-state index in [0.29, 0.717) is 28.7 Å². The number of nitrogens with one attached hydrogen (secondary N) is 3. The van der Waals surface area contributed by atoms with Crippen molar-refractivity contribution >= 4 is 11.8 Å². The number of H-pyrrole nitrogens is 1. The van der Waals surface area contributed by atoms with Crippen molar-refractivity contribution in [3.63, 3.8) is 0 Å². The fraction of sp³-hybridized carbons (Fsp3) is 0.167. The van der Waals surface area contributed by atoms with Gasteiger partial charge in [0.1, 0.15) is 5.82 Å². The van der Waals surface area contributed by atoms with Crippen LogP contribution in [0.2, 0.25) is 0 Å². The summed E-state index contributed by atoms with van der Waals surface area (Å²) in [6.45, 7) is 2.03. The smallest absolute Gasteiger partial charge is 0.364 e. The van der Waals surface area contributed by atoms with E-state index < -0.39 is 11.7 Å². The number of nitrogens with zero attached hydrogens (tertiary/aromatic N) is 2.